The second-order valence-corrected chi connectivity index (χ2v) is 4.94. The molecule has 1 atom stereocenters. The van der Waals surface area contributed by atoms with Crippen molar-refractivity contribution in [2.24, 2.45) is 5.92 Å². The number of carbonyl (C=O) groups is 1. The first kappa shape index (κ1) is 9.96. The van der Waals surface area contributed by atoms with Crippen LogP contribution in [-0.2, 0) is 5.54 Å². The molecular weight excluding hydrogens is 305 g/mol. The Morgan fingerprint density at radius 3 is 2.76 bits per heavy atom. The molecule has 0 radical (unpaired) electrons. The van der Waals surface area contributed by atoms with E-state index in [1.165, 1.54) is 12.1 Å². The zero-order valence-electron chi connectivity index (χ0n) is 14.2. The fourth-order valence-corrected chi connectivity index (χ4v) is 2.19. The summed E-state index contributed by atoms with van der Waals surface area (Å²) >= 11 is 5.78. The highest BCUT2D eigenvalue weighted by Gasteiger charge is 2.59. The molecule has 3 nitrogen and oxygen atoms in total. The van der Waals surface area contributed by atoms with Crippen LogP contribution >= 0.6 is 11.6 Å². The standard InChI is InChI=1S/C14H10ClF3N2O/c15-9-3-4-11-10(7-9)13(14(16,17)18,20-12(21)19-11)6-5-8-1-2-8/h3-4,7-8H,1-2H2,(H2,19,20,21)/t13-/m0/s1/i1D2,2D2. The number of halogens is 4. The number of benzene rings is 1. The highest BCUT2D eigenvalue weighted by atomic mass is 35.5. The average molecular weight is 319 g/mol. The number of hydrogen-bond donors (Lipinski definition) is 2. The van der Waals surface area contributed by atoms with Gasteiger partial charge in [-0.25, -0.2) is 4.79 Å². The van der Waals surface area contributed by atoms with E-state index in [0.717, 1.165) is 6.07 Å². The van der Waals surface area contributed by atoms with Gasteiger partial charge in [0.1, 0.15) is 0 Å². The predicted molar refractivity (Wildman–Crippen MR) is 71.8 cm³/mol. The summed E-state index contributed by atoms with van der Waals surface area (Å²) in [4.78, 5) is 11.7. The van der Waals surface area contributed by atoms with Crippen LogP contribution in [0, 0.1) is 17.8 Å². The fraction of sp³-hybridized carbons (Fsp3) is 0.357. The zero-order chi connectivity index (χ0) is 18.8. The Hall–Kier alpha value is -1.87. The van der Waals surface area contributed by atoms with Gasteiger partial charge in [-0.1, -0.05) is 23.4 Å². The first-order valence-electron chi connectivity index (χ1n) is 7.81. The van der Waals surface area contributed by atoms with Crippen LogP contribution in [0.1, 0.15) is 23.8 Å². The van der Waals surface area contributed by atoms with Crippen LogP contribution in [0.15, 0.2) is 18.2 Å². The predicted octanol–water partition coefficient (Wildman–Crippen LogP) is 3.65. The molecule has 7 heteroatoms. The minimum Gasteiger partial charge on any atom is -0.310 e. The maximum atomic E-state index is 13.9. The topological polar surface area (TPSA) is 41.1 Å². The van der Waals surface area contributed by atoms with Gasteiger partial charge in [0.2, 0.25) is 5.54 Å². The molecule has 0 bridgehead atoms. The zero-order valence-corrected chi connectivity index (χ0v) is 11.0. The average Bonchev–Trinajstić information content (AvgIpc) is 2.85. The maximum absolute atomic E-state index is 13.9. The first-order valence-corrected chi connectivity index (χ1v) is 6.19. The summed E-state index contributed by atoms with van der Waals surface area (Å²) in [7, 11) is 0. The van der Waals surface area contributed by atoms with Crippen molar-refractivity contribution in [1.29, 1.82) is 0 Å². The van der Waals surface area contributed by atoms with Crippen molar-refractivity contribution in [2.75, 3.05) is 5.32 Å². The molecule has 0 spiro atoms. The molecule has 0 unspecified atom stereocenters. The number of rotatable bonds is 0. The molecule has 110 valence electrons. The van der Waals surface area contributed by atoms with Crippen molar-refractivity contribution in [3.05, 3.63) is 28.8 Å². The Morgan fingerprint density at radius 2 is 2.14 bits per heavy atom. The molecule has 1 aliphatic heterocycles. The Kier molecular flexibility index (Phi) is 2.17. The lowest BCUT2D eigenvalue weighted by Gasteiger charge is -2.37. The summed E-state index contributed by atoms with van der Waals surface area (Å²) in [5.74, 6) is 2.37. The number of hydrogen-bond acceptors (Lipinski definition) is 1. The third-order valence-electron chi connectivity index (χ3n) is 3.05. The van der Waals surface area contributed by atoms with Crippen LogP contribution < -0.4 is 10.6 Å². The van der Waals surface area contributed by atoms with Crippen molar-refractivity contribution >= 4 is 23.3 Å². The number of nitrogens with one attached hydrogen (secondary N) is 2. The minimum atomic E-state index is -5.05. The molecular formula is C14H10ClF3N2O. The van der Waals surface area contributed by atoms with Crippen LogP contribution in [0.3, 0.4) is 0 Å². The highest BCUT2D eigenvalue weighted by Crippen LogP contribution is 2.45. The summed E-state index contributed by atoms with van der Waals surface area (Å²) < 4.78 is 71.4. The highest BCUT2D eigenvalue weighted by molar-refractivity contribution is 6.30. The number of amides is 2. The summed E-state index contributed by atoms with van der Waals surface area (Å²) in [5.41, 5.74) is -3.70. The number of alkyl halides is 3. The second kappa shape index (κ2) is 4.57. The third-order valence-corrected chi connectivity index (χ3v) is 3.29. The van der Waals surface area contributed by atoms with Gasteiger partial charge in [-0.2, -0.15) is 13.2 Å². The number of carbonyl (C=O) groups excluding carboxylic acids is 1. The van der Waals surface area contributed by atoms with Gasteiger partial charge >= 0.3 is 12.2 Å². The normalized spacial score (nSPS) is 31.9. The van der Waals surface area contributed by atoms with E-state index >= 15 is 0 Å². The SMILES string of the molecule is [2H]C1([2H])C(C#C[C@]2(C(F)(F)F)NC(=O)Nc3ccc(Cl)cc32)C1([2H])[2H]. The molecule has 2 amide bonds. The smallest absolute Gasteiger partial charge is 0.310 e. The molecule has 0 saturated heterocycles. The van der Waals surface area contributed by atoms with E-state index in [0.29, 0.717) is 0 Å². The Bertz CT molecular complexity index is 820. The van der Waals surface area contributed by atoms with Crippen molar-refractivity contribution in [3.63, 3.8) is 0 Å². The van der Waals surface area contributed by atoms with Gasteiger partial charge in [0.15, 0.2) is 0 Å². The molecule has 3 rings (SSSR count). The molecule has 1 fully saturated rings. The minimum absolute atomic E-state index is 0.00999. The molecule has 1 aromatic carbocycles. The molecule has 1 aliphatic carbocycles. The molecule has 21 heavy (non-hydrogen) atoms. The fourth-order valence-electron chi connectivity index (χ4n) is 2.01. The van der Waals surface area contributed by atoms with E-state index in [1.54, 1.807) is 5.32 Å². The molecule has 1 heterocycles. The van der Waals surface area contributed by atoms with Crippen molar-refractivity contribution < 1.29 is 23.4 Å². The summed E-state index contributed by atoms with van der Waals surface area (Å²) in [6.07, 6.45) is -9.77. The van der Waals surface area contributed by atoms with Crippen molar-refractivity contribution in [1.82, 2.24) is 5.32 Å². The lowest BCUT2D eigenvalue weighted by molar-refractivity contribution is -0.178. The Balaban J connectivity index is 2.18. The van der Waals surface area contributed by atoms with Crippen LogP contribution in [0.4, 0.5) is 23.7 Å². The van der Waals surface area contributed by atoms with Gasteiger partial charge in [-0.3, -0.25) is 0 Å². The van der Waals surface area contributed by atoms with Crippen LogP contribution in [0.25, 0.3) is 0 Å². The monoisotopic (exact) mass is 318 g/mol. The van der Waals surface area contributed by atoms with Crippen molar-refractivity contribution in [3.8, 4) is 11.8 Å². The number of anilines is 1. The van der Waals surface area contributed by atoms with Gasteiger partial charge in [0.05, 0.1) is 0 Å². The molecule has 1 saturated carbocycles. The first-order chi connectivity index (χ1) is 11.3. The second-order valence-electron chi connectivity index (χ2n) is 4.51. The van der Waals surface area contributed by atoms with Crippen LogP contribution in [0.5, 0.6) is 0 Å². The van der Waals surface area contributed by atoms with Gasteiger partial charge in [-0.15, -0.1) is 0 Å². The molecule has 2 aliphatic rings. The van der Waals surface area contributed by atoms with Gasteiger partial charge in [0.25, 0.3) is 0 Å². The van der Waals surface area contributed by atoms with Gasteiger partial charge in [-0.05, 0) is 30.9 Å². The number of urea groups is 1. The van der Waals surface area contributed by atoms with E-state index in [2.05, 4.69) is 5.32 Å². The lowest BCUT2D eigenvalue weighted by Crippen LogP contribution is -2.59. The van der Waals surface area contributed by atoms with E-state index in [1.807, 2.05) is 11.8 Å². The van der Waals surface area contributed by atoms with E-state index in [9.17, 15) is 18.0 Å². The van der Waals surface area contributed by atoms with E-state index in [4.69, 9.17) is 17.1 Å². The van der Waals surface area contributed by atoms with Gasteiger partial charge < -0.3 is 10.6 Å². The molecule has 2 N–H and O–H groups in total. The Morgan fingerprint density at radius 1 is 1.43 bits per heavy atom. The largest absolute Gasteiger partial charge is 0.427 e. The van der Waals surface area contributed by atoms with Crippen LogP contribution in [0.2, 0.25) is 5.02 Å². The van der Waals surface area contributed by atoms with Gasteiger partial charge in [0, 0.05) is 27.7 Å². The van der Waals surface area contributed by atoms with Crippen molar-refractivity contribution in [2.45, 2.75) is 24.5 Å². The summed E-state index contributed by atoms with van der Waals surface area (Å²) in [6, 6.07) is 2.37. The Labute approximate surface area is 129 Å². The molecule has 1 aromatic rings. The van der Waals surface area contributed by atoms with E-state index < -0.39 is 42.0 Å². The summed E-state index contributed by atoms with van der Waals surface area (Å²) in [6.45, 7) is 0. The maximum Gasteiger partial charge on any atom is 0.427 e. The molecule has 0 aromatic heterocycles. The summed E-state index contributed by atoms with van der Waals surface area (Å²) in [5, 5.41) is 3.95. The van der Waals surface area contributed by atoms with E-state index in [-0.39, 0.29) is 10.7 Å². The lowest BCUT2D eigenvalue weighted by atomic mass is 9.86. The number of fused-ring (bicyclic) bond motifs is 1. The van der Waals surface area contributed by atoms with Crippen LogP contribution in [-0.4, -0.2) is 12.2 Å². The third kappa shape index (κ3) is 2.42. The quantitative estimate of drug-likeness (QED) is 0.704.